The molecule has 0 fully saturated rings. The van der Waals surface area contributed by atoms with Gasteiger partial charge < -0.3 is 10.4 Å². The van der Waals surface area contributed by atoms with Crippen molar-refractivity contribution in [3.05, 3.63) is 63.7 Å². The van der Waals surface area contributed by atoms with Crippen LogP contribution in [0.2, 0.25) is 5.02 Å². The first-order valence-electron chi connectivity index (χ1n) is 9.96. The molecule has 0 aromatic heterocycles. The summed E-state index contributed by atoms with van der Waals surface area (Å²) in [6.45, 7) is 8.87. The molecule has 1 unspecified atom stereocenters. The second kappa shape index (κ2) is 6.41. The molecule has 2 N–H and O–H groups in total. The Labute approximate surface area is 176 Å². The predicted molar refractivity (Wildman–Crippen MR) is 115 cm³/mol. The molecule has 2 aliphatic rings. The normalized spacial score (nSPS) is 23.9. The lowest BCUT2D eigenvalue weighted by Gasteiger charge is -2.42. The van der Waals surface area contributed by atoms with Gasteiger partial charge in [0.2, 0.25) is 0 Å². The molecule has 0 spiro atoms. The van der Waals surface area contributed by atoms with Gasteiger partial charge in [0.25, 0.3) is 5.91 Å². The summed E-state index contributed by atoms with van der Waals surface area (Å²) in [5.74, 6) is -0.852. The standard InChI is InChI=1S/C24H26ClNO3/c1-22(2)9-10-23(3,4)18-11-14(5-7-16(18)22)20(27)13-24(29)17-8-6-15(25)12-19(17)26-21(24)28/h5-8,11-12,29H,9-10,13H2,1-4H3,(H,26,28). The van der Waals surface area contributed by atoms with Gasteiger partial charge in [0.1, 0.15) is 0 Å². The summed E-state index contributed by atoms with van der Waals surface area (Å²) in [5, 5.41) is 14.2. The summed E-state index contributed by atoms with van der Waals surface area (Å²) in [6.07, 6.45) is 1.83. The number of amides is 1. The fourth-order valence-corrected chi connectivity index (χ4v) is 4.77. The van der Waals surface area contributed by atoms with Gasteiger partial charge in [-0.3, -0.25) is 9.59 Å². The lowest BCUT2D eigenvalue weighted by Crippen LogP contribution is -2.37. The van der Waals surface area contributed by atoms with E-state index in [1.54, 1.807) is 18.2 Å². The number of hydrogen-bond acceptors (Lipinski definition) is 3. The molecule has 0 bridgehead atoms. The number of nitrogens with one attached hydrogen (secondary N) is 1. The van der Waals surface area contributed by atoms with Crippen molar-refractivity contribution in [3.8, 4) is 0 Å². The van der Waals surface area contributed by atoms with Gasteiger partial charge in [0.05, 0.1) is 6.42 Å². The second-order valence-corrected chi connectivity index (χ2v) is 10.1. The van der Waals surface area contributed by atoms with E-state index in [1.807, 2.05) is 18.2 Å². The van der Waals surface area contributed by atoms with Gasteiger partial charge in [-0.15, -0.1) is 0 Å². The maximum atomic E-state index is 13.1. The maximum absolute atomic E-state index is 13.1. The number of anilines is 1. The summed E-state index contributed by atoms with van der Waals surface area (Å²) in [6, 6.07) is 10.6. The van der Waals surface area contributed by atoms with Gasteiger partial charge in [-0.05, 0) is 53.0 Å². The molecule has 0 saturated carbocycles. The van der Waals surface area contributed by atoms with Crippen molar-refractivity contribution in [2.45, 2.75) is 63.4 Å². The fourth-order valence-electron chi connectivity index (χ4n) is 4.60. The number of rotatable bonds is 3. The highest BCUT2D eigenvalue weighted by atomic mass is 35.5. The first kappa shape index (κ1) is 20.1. The lowest BCUT2D eigenvalue weighted by molar-refractivity contribution is -0.133. The molecule has 5 heteroatoms. The molecule has 2 aromatic rings. The average molecular weight is 412 g/mol. The summed E-state index contributed by atoms with van der Waals surface area (Å²) in [7, 11) is 0. The minimum atomic E-state index is -1.89. The molecular formula is C24H26ClNO3. The third kappa shape index (κ3) is 3.19. The number of carbonyl (C=O) groups excluding carboxylic acids is 2. The summed E-state index contributed by atoms with van der Waals surface area (Å²) in [4.78, 5) is 25.6. The molecule has 1 atom stereocenters. The number of benzene rings is 2. The van der Waals surface area contributed by atoms with Gasteiger partial charge in [0, 0.05) is 21.8 Å². The number of fused-ring (bicyclic) bond motifs is 2. The van der Waals surface area contributed by atoms with Crippen LogP contribution in [0.3, 0.4) is 0 Å². The van der Waals surface area contributed by atoms with Crippen LogP contribution in [0.25, 0.3) is 0 Å². The van der Waals surface area contributed by atoms with E-state index in [0.29, 0.717) is 21.8 Å². The average Bonchev–Trinajstić information content (AvgIpc) is 2.88. The van der Waals surface area contributed by atoms with Gasteiger partial charge in [-0.1, -0.05) is 57.5 Å². The number of carbonyl (C=O) groups is 2. The zero-order valence-corrected chi connectivity index (χ0v) is 18.0. The van der Waals surface area contributed by atoms with E-state index in [0.717, 1.165) is 12.8 Å². The lowest BCUT2D eigenvalue weighted by atomic mass is 9.63. The Morgan fingerprint density at radius 2 is 1.62 bits per heavy atom. The first-order chi connectivity index (χ1) is 13.4. The fraction of sp³-hybridized carbons (Fsp3) is 0.417. The molecule has 4 rings (SSSR count). The molecule has 152 valence electrons. The van der Waals surface area contributed by atoms with Crippen LogP contribution in [0.15, 0.2) is 36.4 Å². The Balaban J connectivity index is 1.69. The van der Waals surface area contributed by atoms with Crippen LogP contribution in [0, 0.1) is 0 Å². The topological polar surface area (TPSA) is 66.4 Å². The highest BCUT2D eigenvalue weighted by molar-refractivity contribution is 6.31. The largest absolute Gasteiger partial charge is 0.375 e. The van der Waals surface area contributed by atoms with Crippen molar-refractivity contribution < 1.29 is 14.7 Å². The van der Waals surface area contributed by atoms with E-state index in [-0.39, 0.29) is 23.0 Å². The number of halogens is 1. The summed E-state index contributed by atoms with van der Waals surface area (Å²) < 4.78 is 0. The second-order valence-electron chi connectivity index (χ2n) is 9.63. The van der Waals surface area contributed by atoms with Crippen molar-refractivity contribution >= 4 is 29.0 Å². The molecule has 4 nitrogen and oxygen atoms in total. The monoisotopic (exact) mass is 411 g/mol. The van der Waals surface area contributed by atoms with Gasteiger partial charge in [0.15, 0.2) is 11.4 Å². The Morgan fingerprint density at radius 1 is 1.00 bits per heavy atom. The quantitative estimate of drug-likeness (QED) is 0.690. The third-order valence-electron chi connectivity index (χ3n) is 6.64. The van der Waals surface area contributed by atoms with Crippen LogP contribution >= 0.6 is 11.6 Å². The Kier molecular flexibility index (Phi) is 4.45. The van der Waals surface area contributed by atoms with E-state index in [4.69, 9.17) is 11.6 Å². The number of Topliss-reactive ketones (excluding diaryl/α,β-unsaturated/α-hetero) is 1. The molecule has 1 aliphatic heterocycles. The Morgan fingerprint density at radius 3 is 2.31 bits per heavy atom. The van der Waals surface area contributed by atoms with Crippen molar-refractivity contribution in [1.82, 2.24) is 0 Å². The van der Waals surface area contributed by atoms with Crippen LogP contribution in [0.1, 0.15) is 74.0 Å². The summed E-state index contributed by atoms with van der Waals surface area (Å²) >= 11 is 5.98. The predicted octanol–water partition coefficient (Wildman–Crippen LogP) is 5.10. The Bertz CT molecular complexity index is 1040. The van der Waals surface area contributed by atoms with E-state index < -0.39 is 11.5 Å². The molecule has 1 heterocycles. The van der Waals surface area contributed by atoms with Crippen molar-refractivity contribution in [2.75, 3.05) is 5.32 Å². The number of ketones is 1. The van der Waals surface area contributed by atoms with E-state index in [2.05, 4.69) is 33.0 Å². The summed E-state index contributed by atoms with van der Waals surface area (Å²) in [5.41, 5.74) is 1.96. The maximum Gasteiger partial charge on any atom is 0.261 e. The van der Waals surface area contributed by atoms with E-state index in [9.17, 15) is 14.7 Å². The minimum Gasteiger partial charge on any atom is -0.375 e. The molecule has 0 saturated heterocycles. The minimum absolute atomic E-state index is 0.0217. The molecular weight excluding hydrogens is 386 g/mol. The van der Waals surface area contributed by atoms with Crippen LogP contribution in [0.4, 0.5) is 5.69 Å². The highest BCUT2D eigenvalue weighted by Gasteiger charge is 2.47. The van der Waals surface area contributed by atoms with Gasteiger partial charge in [-0.25, -0.2) is 0 Å². The van der Waals surface area contributed by atoms with Crippen LogP contribution < -0.4 is 5.32 Å². The Hall–Kier alpha value is -2.17. The zero-order chi connectivity index (χ0) is 21.2. The number of hydrogen-bond donors (Lipinski definition) is 2. The van der Waals surface area contributed by atoms with Gasteiger partial charge >= 0.3 is 0 Å². The third-order valence-corrected chi connectivity index (χ3v) is 6.88. The molecule has 1 amide bonds. The van der Waals surface area contributed by atoms with Crippen LogP contribution in [0.5, 0.6) is 0 Å². The van der Waals surface area contributed by atoms with Crippen molar-refractivity contribution in [1.29, 1.82) is 0 Å². The molecule has 2 aromatic carbocycles. The molecule has 0 radical (unpaired) electrons. The van der Waals surface area contributed by atoms with Crippen molar-refractivity contribution in [3.63, 3.8) is 0 Å². The van der Waals surface area contributed by atoms with Crippen molar-refractivity contribution in [2.24, 2.45) is 0 Å². The SMILES string of the molecule is CC1(C)CCC(C)(C)c2cc(C(=O)CC3(O)C(=O)Nc4cc(Cl)ccc43)ccc21. The van der Waals surface area contributed by atoms with Crippen LogP contribution in [-0.4, -0.2) is 16.8 Å². The van der Waals surface area contributed by atoms with E-state index >= 15 is 0 Å². The van der Waals surface area contributed by atoms with Gasteiger partial charge in [-0.2, -0.15) is 0 Å². The molecule has 29 heavy (non-hydrogen) atoms. The van der Waals surface area contributed by atoms with E-state index in [1.165, 1.54) is 11.1 Å². The zero-order valence-electron chi connectivity index (χ0n) is 17.2. The highest BCUT2D eigenvalue weighted by Crippen LogP contribution is 2.46. The van der Waals surface area contributed by atoms with Crippen LogP contribution in [-0.2, 0) is 21.2 Å². The smallest absolute Gasteiger partial charge is 0.261 e. The first-order valence-corrected chi connectivity index (χ1v) is 10.3. The molecule has 1 aliphatic carbocycles. The number of aliphatic hydroxyl groups is 1.